The molecule has 1 rings (SSSR count). The van der Waals surface area contributed by atoms with Crippen LogP contribution < -0.4 is 5.32 Å². The molecule has 0 aromatic carbocycles. The van der Waals surface area contributed by atoms with Crippen molar-refractivity contribution in [2.75, 3.05) is 7.05 Å². The monoisotopic (exact) mass is 257 g/mol. The molecule has 17 heavy (non-hydrogen) atoms. The Bertz CT molecular complexity index is 347. The van der Waals surface area contributed by atoms with Gasteiger partial charge >= 0.3 is 0 Å². The van der Waals surface area contributed by atoms with Crippen LogP contribution in [-0.4, -0.2) is 22.9 Å². The van der Waals surface area contributed by atoms with E-state index in [4.69, 9.17) is 11.6 Å². The topological polar surface area (TPSA) is 29.9 Å². The molecule has 1 aromatic rings. The van der Waals surface area contributed by atoms with E-state index >= 15 is 0 Å². The summed E-state index contributed by atoms with van der Waals surface area (Å²) in [6, 6.07) is 0.635. The van der Waals surface area contributed by atoms with E-state index in [1.165, 1.54) is 24.8 Å². The van der Waals surface area contributed by atoms with Gasteiger partial charge in [0.25, 0.3) is 0 Å². The van der Waals surface area contributed by atoms with Gasteiger partial charge in [0.15, 0.2) is 0 Å². The average molecular weight is 258 g/mol. The van der Waals surface area contributed by atoms with Gasteiger partial charge in [-0.3, -0.25) is 4.68 Å². The van der Waals surface area contributed by atoms with E-state index in [1.54, 1.807) is 4.68 Å². The minimum atomic E-state index is 0.635. The van der Waals surface area contributed by atoms with Crippen LogP contribution in [0.2, 0.25) is 5.15 Å². The van der Waals surface area contributed by atoms with E-state index in [0.717, 1.165) is 23.7 Å². The molecule has 0 aliphatic rings. The van der Waals surface area contributed by atoms with Gasteiger partial charge in [-0.05, 0) is 39.7 Å². The van der Waals surface area contributed by atoms with Crippen LogP contribution in [-0.2, 0) is 13.5 Å². The zero-order valence-corrected chi connectivity index (χ0v) is 12.1. The van der Waals surface area contributed by atoms with Crippen LogP contribution in [0.25, 0.3) is 0 Å². The third kappa shape index (κ3) is 4.00. The predicted octanol–water partition coefficient (Wildman–Crippen LogP) is 3.09. The Kier molecular flexibility index (Phi) is 6.00. The maximum absolute atomic E-state index is 6.21. The molecule has 4 heteroatoms. The number of nitrogens with zero attached hydrogens (tertiary/aromatic N) is 2. The largest absolute Gasteiger partial charge is 0.317 e. The summed E-state index contributed by atoms with van der Waals surface area (Å²) in [5.74, 6) is 0. The Morgan fingerprint density at radius 3 is 2.59 bits per heavy atom. The maximum atomic E-state index is 6.21. The molecule has 1 heterocycles. The summed E-state index contributed by atoms with van der Waals surface area (Å²) in [7, 11) is 3.94. The van der Waals surface area contributed by atoms with Crippen molar-refractivity contribution in [1.29, 1.82) is 0 Å². The van der Waals surface area contributed by atoms with Crippen molar-refractivity contribution in [2.24, 2.45) is 7.05 Å². The fourth-order valence-electron chi connectivity index (χ4n) is 2.26. The molecule has 0 aliphatic heterocycles. The van der Waals surface area contributed by atoms with Crippen molar-refractivity contribution in [3.8, 4) is 0 Å². The molecule has 98 valence electrons. The smallest absolute Gasteiger partial charge is 0.130 e. The third-order valence-corrected chi connectivity index (χ3v) is 3.77. The van der Waals surface area contributed by atoms with Crippen LogP contribution >= 0.6 is 11.6 Å². The number of halogens is 1. The molecular formula is C13H24ClN3. The molecule has 0 spiro atoms. The molecule has 1 N–H and O–H groups in total. The summed E-state index contributed by atoms with van der Waals surface area (Å²) < 4.78 is 1.76. The first kappa shape index (κ1) is 14.5. The predicted molar refractivity (Wildman–Crippen MR) is 73.6 cm³/mol. The molecule has 0 aliphatic carbocycles. The quantitative estimate of drug-likeness (QED) is 0.814. The van der Waals surface area contributed by atoms with E-state index in [-0.39, 0.29) is 0 Å². The van der Waals surface area contributed by atoms with E-state index in [9.17, 15) is 0 Å². The Labute approximate surface area is 110 Å². The lowest BCUT2D eigenvalue weighted by molar-refractivity contribution is 0.469. The van der Waals surface area contributed by atoms with Gasteiger partial charge in [-0.25, -0.2) is 0 Å². The number of nitrogens with one attached hydrogen (secondary N) is 1. The van der Waals surface area contributed by atoms with Crippen molar-refractivity contribution in [1.82, 2.24) is 15.1 Å². The van der Waals surface area contributed by atoms with Gasteiger partial charge in [0.2, 0.25) is 0 Å². The minimum Gasteiger partial charge on any atom is -0.317 e. The highest BCUT2D eigenvalue weighted by atomic mass is 35.5. The highest BCUT2D eigenvalue weighted by Crippen LogP contribution is 2.21. The maximum Gasteiger partial charge on any atom is 0.130 e. The summed E-state index contributed by atoms with van der Waals surface area (Å²) in [4.78, 5) is 0. The molecule has 0 saturated heterocycles. The Hall–Kier alpha value is -0.540. The van der Waals surface area contributed by atoms with Crippen LogP contribution in [0.5, 0.6) is 0 Å². The van der Waals surface area contributed by atoms with Crippen LogP contribution in [0.15, 0.2) is 0 Å². The number of hydrogen-bond acceptors (Lipinski definition) is 2. The average Bonchev–Trinajstić information content (AvgIpc) is 2.54. The Morgan fingerprint density at radius 1 is 1.41 bits per heavy atom. The van der Waals surface area contributed by atoms with Gasteiger partial charge in [-0.2, -0.15) is 5.10 Å². The normalized spacial score (nSPS) is 13.0. The molecule has 1 unspecified atom stereocenters. The molecule has 0 amide bonds. The van der Waals surface area contributed by atoms with Crippen molar-refractivity contribution in [3.05, 3.63) is 16.4 Å². The summed E-state index contributed by atoms with van der Waals surface area (Å²) in [6.45, 7) is 4.26. The van der Waals surface area contributed by atoms with Crippen molar-refractivity contribution in [3.63, 3.8) is 0 Å². The first-order valence-corrected chi connectivity index (χ1v) is 6.83. The zero-order chi connectivity index (χ0) is 12.8. The molecule has 1 aromatic heterocycles. The number of aromatic nitrogens is 2. The molecular weight excluding hydrogens is 234 g/mol. The second-order valence-electron chi connectivity index (χ2n) is 4.64. The van der Waals surface area contributed by atoms with Gasteiger partial charge in [0, 0.05) is 18.7 Å². The Morgan fingerprint density at radius 2 is 2.12 bits per heavy atom. The van der Waals surface area contributed by atoms with Crippen LogP contribution in [0.1, 0.15) is 43.9 Å². The fraction of sp³-hybridized carbons (Fsp3) is 0.769. The standard InChI is InChI=1S/C13H24ClN3/c1-5-7-11(15-3)8-6-9-12-10(2)16-17(4)13(12)14/h11,15H,5-9H2,1-4H3. The van der Waals surface area contributed by atoms with Crippen molar-refractivity contribution < 1.29 is 0 Å². The summed E-state index contributed by atoms with van der Waals surface area (Å²) >= 11 is 6.21. The first-order valence-electron chi connectivity index (χ1n) is 6.45. The SMILES string of the molecule is CCCC(CCCc1c(C)nn(C)c1Cl)NC. The molecule has 0 bridgehead atoms. The van der Waals surface area contributed by atoms with E-state index in [0.29, 0.717) is 6.04 Å². The van der Waals surface area contributed by atoms with Crippen LogP contribution in [0.3, 0.4) is 0 Å². The van der Waals surface area contributed by atoms with Gasteiger partial charge in [-0.15, -0.1) is 0 Å². The van der Waals surface area contributed by atoms with Crippen LogP contribution in [0, 0.1) is 6.92 Å². The second kappa shape index (κ2) is 7.02. The zero-order valence-electron chi connectivity index (χ0n) is 11.4. The van der Waals surface area contributed by atoms with E-state index in [1.807, 2.05) is 21.0 Å². The lowest BCUT2D eigenvalue weighted by atomic mass is 10.0. The van der Waals surface area contributed by atoms with Gasteiger partial charge < -0.3 is 5.32 Å². The molecule has 0 fully saturated rings. The van der Waals surface area contributed by atoms with Gasteiger partial charge in [0.1, 0.15) is 5.15 Å². The molecule has 0 saturated carbocycles. The summed E-state index contributed by atoms with van der Waals surface area (Å²) in [6.07, 6.45) is 5.88. The lowest BCUT2D eigenvalue weighted by Gasteiger charge is -2.14. The third-order valence-electron chi connectivity index (χ3n) is 3.29. The van der Waals surface area contributed by atoms with Crippen molar-refractivity contribution >= 4 is 11.6 Å². The summed E-state index contributed by atoms with van der Waals surface area (Å²) in [5.41, 5.74) is 2.27. The molecule has 1 atom stereocenters. The van der Waals surface area contributed by atoms with Crippen molar-refractivity contribution in [2.45, 2.75) is 52.0 Å². The number of hydrogen-bond donors (Lipinski definition) is 1. The van der Waals surface area contributed by atoms with Gasteiger partial charge in [-0.1, -0.05) is 24.9 Å². The lowest BCUT2D eigenvalue weighted by Crippen LogP contribution is -2.24. The summed E-state index contributed by atoms with van der Waals surface area (Å²) in [5, 5.41) is 8.49. The number of aryl methyl sites for hydroxylation is 2. The highest BCUT2D eigenvalue weighted by molar-refractivity contribution is 6.30. The molecule has 0 radical (unpaired) electrons. The van der Waals surface area contributed by atoms with E-state index in [2.05, 4.69) is 17.3 Å². The molecule has 3 nitrogen and oxygen atoms in total. The minimum absolute atomic E-state index is 0.635. The Balaban J connectivity index is 2.45. The fourth-order valence-corrected chi connectivity index (χ4v) is 2.53. The van der Waals surface area contributed by atoms with E-state index < -0.39 is 0 Å². The van der Waals surface area contributed by atoms with Gasteiger partial charge in [0.05, 0.1) is 5.69 Å². The first-order chi connectivity index (χ1) is 8.10. The number of rotatable bonds is 7. The van der Waals surface area contributed by atoms with Crippen LogP contribution in [0.4, 0.5) is 0 Å². The second-order valence-corrected chi connectivity index (χ2v) is 5.00. The highest BCUT2D eigenvalue weighted by Gasteiger charge is 2.11.